The highest BCUT2D eigenvalue weighted by atomic mass is 35.5. The van der Waals surface area contributed by atoms with Crippen LogP contribution in [0, 0.1) is 0 Å². The maximum Gasteiger partial charge on any atom is 0.253 e. The Labute approximate surface area is 215 Å². The van der Waals surface area contributed by atoms with Crippen LogP contribution in [0.5, 0.6) is 0 Å². The molecule has 1 aliphatic carbocycles. The summed E-state index contributed by atoms with van der Waals surface area (Å²) in [6.45, 7) is 3.06. The second-order valence-electron chi connectivity index (χ2n) is 9.50. The van der Waals surface area contributed by atoms with E-state index < -0.39 is 41.1 Å². The van der Waals surface area contributed by atoms with E-state index in [1.165, 1.54) is 22.9 Å². The van der Waals surface area contributed by atoms with Gasteiger partial charge < -0.3 is 5.32 Å². The van der Waals surface area contributed by atoms with Crippen molar-refractivity contribution in [3.63, 3.8) is 0 Å². The Balaban J connectivity index is 1.49. The first-order valence-electron chi connectivity index (χ1n) is 11.9. The zero-order chi connectivity index (χ0) is 26.1. The number of aromatic nitrogens is 3. The molecule has 36 heavy (non-hydrogen) atoms. The van der Waals surface area contributed by atoms with Crippen molar-refractivity contribution < 1.29 is 22.2 Å². The molecule has 2 heterocycles. The zero-order valence-corrected chi connectivity index (χ0v) is 21.8. The SMILES string of the molecule is CC(NC(=O)c1ccc(CF)cc1Cl)C1(N2CCN(S(=O)c3cn(C)nn3)CC2)CCC(F)(F)CC1. The molecule has 1 aliphatic heterocycles. The summed E-state index contributed by atoms with van der Waals surface area (Å²) in [7, 11) is 0.237. The molecule has 0 bridgehead atoms. The van der Waals surface area contributed by atoms with Gasteiger partial charge in [0.15, 0.2) is 5.03 Å². The Morgan fingerprint density at radius 2 is 1.86 bits per heavy atom. The molecule has 1 N–H and O–H groups in total. The molecule has 1 aromatic heterocycles. The highest BCUT2D eigenvalue weighted by Gasteiger charge is 2.50. The average molecular weight is 547 g/mol. The van der Waals surface area contributed by atoms with E-state index in [4.69, 9.17) is 11.6 Å². The lowest BCUT2D eigenvalue weighted by molar-refractivity contribution is -0.0947. The number of halogens is 4. The first-order chi connectivity index (χ1) is 17.0. The van der Waals surface area contributed by atoms with Gasteiger partial charge >= 0.3 is 0 Å². The number of piperazine rings is 1. The summed E-state index contributed by atoms with van der Waals surface area (Å²) < 4.78 is 57.4. The summed E-state index contributed by atoms with van der Waals surface area (Å²) in [5, 5.41) is 11.2. The lowest BCUT2D eigenvalue weighted by Gasteiger charge is -2.53. The van der Waals surface area contributed by atoms with Crippen LogP contribution < -0.4 is 5.32 Å². The Morgan fingerprint density at radius 3 is 2.42 bits per heavy atom. The fraction of sp³-hybridized carbons (Fsp3) is 0.609. The normalized spacial score (nSPS) is 22.2. The molecule has 1 saturated heterocycles. The van der Waals surface area contributed by atoms with Crippen LogP contribution in [0.2, 0.25) is 5.02 Å². The smallest absolute Gasteiger partial charge is 0.253 e. The van der Waals surface area contributed by atoms with Crippen LogP contribution in [0.25, 0.3) is 0 Å². The summed E-state index contributed by atoms with van der Waals surface area (Å²) >= 11 is 6.21. The van der Waals surface area contributed by atoms with E-state index in [9.17, 15) is 22.2 Å². The zero-order valence-electron chi connectivity index (χ0n) is 20.2. The van der Waals surface area contributed by atoms with E-state index in [0.29, 0.717) is 36.8 Å². The number of hydrogen-bond acceptors (Lipinski definition) is 5. The lowest BCUT2D eigenvalue weighted by Crippen LogP contribution is -2.66. The lowest BCUT2D eigenvalue weighted by atomic mass is 9.73. The van der Waals surface area contributed by atoms with E-state index in [2.05, 4.69) is 20.5 Å². The molecule has 1 aromatic carbocycles. The number of carbonyl (C=O) groups excluding carboxylic acids is 1. The summed E-state index contributed by atoms with van der Waals surface area (Å²) in [4.78, 5) is 15.2. The molecule has 2 fully saturated rings. The maximum atomic E-state index is 14.2. The number of aryl methyl sites for hydroxylation is 1. The quantitative estimate of drug-likeness (QED) is 0.576. The van der Waals surface area contributed by atoms with Crippen LogP contribution >= 0.6 is 11.6 Å². The maximum absolute atomic E-state index is 14.2. The Bertz CT molecular complexity index is 1120. The fourth-order valence-electron chi connectivity index (χ4n) is 5.14. The second-order valence-corrected chi connectivity index (χ2v) is 11.3. The predicted molar refractivity (Wildman–Crippen MR) is 130 cm³/mol. The van der Waals surface area contributed by atoms with Gasteiger partial charge in [-0.3, -0.25) is 14.4 Å². The van der Waals surface area contributed by atoms with Gasteiger partial charge in [-0.05, 0) is 37.5 Å². The number of amides is 1. The van der Waals surface area contributed by atoms with Crippen molar-refractivity contribution in [2.45, 2.75) is 61.8 Å². The van der Waals surface area contributed by atoms with Gasteiger partial charge in [0, 0.05) is 57.6 Å². The average Bonchev–Trinajstić information content (AvgIpc) is 3.30. The van der Waals surface area contributed by atoms with E-state index in [0.717, 1.165) is 0 Å². The number of benzene rings is 1. The van der Waals surface area contributed by atoms with Crippen molar-refractivity contribution in [3.05, 3.63) is 40.5 Å². The highest BCUT2D eigenvalue weighted by molar-refractivity contribution is 7.82. The third kappa shape index (κ3) is 5.61. The van der Waals surface area contributed by atoms with Crippen molar-refractivity contribution in [1.29, 1.82) is 0 Å². The van der Waals surface area contributed by atoms with Crippen molar-refractivity contribution in [3.8, 4) is 0 Å². The van der Waals surface area contributed by atoms with Crippen LogP contribution in [-0.2, 0) is 24.7 Å². The molecule has 198 valence electrons. The molecular weight excluding hydrogens is 517 g/mol. The number of alkyl halides is 3. The van der Waals surface area contributed by atoms with Crippen molar-refractivity contribution in [1.82, 2.24) is 29.5 Å². The van der Waals surface area contributed by atoms with Gasteiger partial charge in [0.1, 0.15) is 17.7 Å². The van der Waals surface area contributed by atoms with Gasteiger partial charge in [0.25, 0.3) is 5.91 Å². The molecule has 2 aliphatic rings. The van der Waals surface area contributed by atoms with E-state index in [1.54, 1.807) is 17.5 Å². The summed E-state index contributed by atoms with van der Waals surface area (Å²) in [5.41, 5.74) is -0.114. The molecule has 0 spiro atoms. The van der Waals surface area contributed by atoms with Gasteiger partial charge in [0.2, 0.25) is 5.92 Å². The van der Waals surface area contributed by atoms with Crippen molar-refractivity contribution >= 4 is 28.5 Å². The van der Waals surface area contributed by atoms with Crippen molar-refractivity contribution in [2.24, 2.45) is 7.05 Å². The molecular formula is C23H30ClF3N6O2S. The number of nitrogens with one attached hydrogen (secondary N) is 1. The molecule has 2 unspecified atom stereocenters. The highest BCUT2D eigenvalue weighted by Crippen LogP contribution is 2.44. The molecule has 1 saturated carbocycles. The van der Waals surface area contributed by atoms with Gasteiger partial charge in [-0.2, -0.15) is 0 Å². The molecule has 2 atom stereocenters. The molecule has 13 heteroatoms. The summed E-state index contributed by atoms with van der Waals surface area (Å²) in [5.74, 6) is -3.18. The molecule has 4 rings (SSSR count). The first-order valence-corrected chi connectivity index (χ1v) is 13.3. The Hall–Kier alpha value is -2.02. The van der Waals surface area contributed by atoms with E-state index >= 15 is 0 Å². The van der Waals surface area contributed by atoms with E-state index in [-0.39, 0.29) is 36.3 Å². The third-order valence-electron chi connectivity index (χ3n) is 7.30. The minimum atomic E-state index is -2.74. The second kappa shape index (κ2) is 10.8. The number of carbonyl (C=O) groups is 1. The van der Waals surface area contributed by atoms with Crippen LogP contribution in [0.4, 0.5) is 13.2 Å². The monoisotopic (exact) mass is 546 g/mol. The topological polar surface area (TPSA) is 83.4 Å². The standard InChI is InChI=1S/C23H30ClF3N6O2S/c1-16(28-21(34)18-4-3-17(14-25)13-19(18)24)22(5-7-23(26,27)8-6-22)32-9-11-33(12-10-32)36(35)20-15-31(2)30-29-20/h3-4,13,15-16H,5-12,14H2,1-2H3,(H,28,34). The Morgan fingerprint density at radius 1 is 1.19 bits per heavy atom. The van der Waals surface area contributed by atoms with Crippen LogP contribution in [0.1, 0.15) is 48.5 Å². The molecule has 0 radical (unpaired) electrons. The largest absolute Gasteiger partial charge is 0.348 e. The van der Waals surface area contributed by atoms with Crippen LogP contribution in [0.15, 0.2) is 29.4 Å². The number of rotatable bonds is 7. The minimum absolute atomic E-state index is 0.138. The molecule has 8 nitrogen and oxygen atoms in total. The van der Waals surface area contributed by atoms with Crippen LogP contribution in [-0.4, -0.2) is 78.0 Å². The third-order valence-corrected chi connectivity index (χ3v) is 8.99. The Kier molecular flexibility index (Phi) is 8.08. The first kappa shape index (κ1) is 27.0. The molecule has 1 amide bonds. The molecule has 2 aromatic rings. The van der Waals surface area contributed by atoms with Gasteiger partial charge in [0.05, 0.1) is 16.8 Å². The van der Waals surface area contributed by atoms with Crippen LogP contribution in [0.3, 0.4) is 0 Å². The van der Waals surface area contributed by atoms with Gasteiger partial charge in [-0.1, -0.05) is 22.9 Å². The summed E-state index contributed by atoms with van der Waals surface area (Å²) in [6, 6.07) is 3.92. The van der Waals surface area contributed by atoms with Crippen molar-refractivity contribution in [2.75, 3.05) is 26.2 Å². The van der Waals surface area contributed by atoms with Gasteiger partial charge in [-0.15, -0.1) is 5.10 Å². The van der Waals surface area contributed by atoms with Gasteiger partial charge in [-0.25, -0.2) is 21.7 Å². The summed E-state index contributed by atoms with van der Waals surface area (Å²) in [6.07, 6.45) is 1.48. The minimum Gasteiger partial charge on any atom is -0.348 e. The number of nitrogens with zero attached hydrogens (tertiary/aromatic N) is 5. The predicted octanol–water partition coefficient (Wildman–Crippen LogP) is 3.34. The fourth-order valence-corrected chi connectivity index (χ4v) is 6.54. The van der Waals surface area contributed by atoms with E-state index in [1.807, 2.05) is 6.92 Å². The number of hydrogen-bond donors (Lipinski definition) is 1.